The third kappa shape index (κ3) is 3.90. The molecular formula is C23H23N3O2S. The molecule has 2 amide bonds. The van der Waals surface area contributed by atoms with Crippen LogP contribution >= 0.6 is 11.3 Å². The maximum Gasteiger partial charge on any atom is 0.227 e. The van der Waals surface area contributed by atoms with Gasteiger partial charge in [-0.25, -0.2) is 4.98 Å². The van der Waals surface area contributed by atoms with Crippen molar-refractivity contribution >= 4 is 39.1 Å². The van der Waals surface area contributed by atoms with Crippen molar-refractivity contribution in [2.75, 3.05) is 18.4 Å². The number of nitrogens with zero attached hydrogens (tertiary/aromatic N) is 2. The number of benzene rings is 2. The summed E-state index contributed by atoms with van der Waals surface area (Å²) in [6.45, 7) is 1.39. The molecule has 29 heavy (non-hydrogen) atoms. The molecule has 0 bridgehead atoms. The minimum Gasteiger partial charge on any atom is -0.342 e. The van der Waals surface area contributed by atoms with Crippen molar-refractivity contribution in [1.29, 1.82) is 0 Å². The molecule has 2 fully saturated rings. The number of hydrogen-bond donors (Lipinski definition) is 1. The normalized spacial score (nSPS) is 17.4. The van der Waals surface area contributed by atoms with E-state index in [0.29, 0.717) is 13.1 Å². The highest BCUT2D eigenvalue weighted by atomic mass is 32.1. The zero-order valence-electron chi connectivity index (χ0n) is 16.1. The Labute approximate surface area is 173 Å². The van der Waals surface area contributed by atoms with E-state index >= 15 is 0 Å². The number of thiazole rings is 1. The Morgan fingerprint density at radius 1 is 0.966 bits per heavy atom. The molecule has 5 nitrogen and oxygen atoms in total. The van der Waals surface area contributed by atoms with Crippen LogP contribution in [0.2, 0.25) is 0 Å². The lowest BCUT2D eigenvalue weighted by molar-refractivity contribution is -0.135. The highest BCUT2D eigenvalue weighted by Gasteiger charge is 2.35. The molecule has 1 saturated heterocycles. The Hall–Kier alpha value is -2.73. The fourth-order valence-corrected chi connectivity index (χ4v) is 4.88. The van der Waals surface area contributed by atoms with E-state index in [-0.39, 0.29) is 23.7 Å². The first kappa shape index (κ1) is 18.3. The molecule has 1 aliphatic heterocycles. The van der Waals surface area contributed by atoms with Crippen LogP contribution in [0.3, 0.4) is 0 Å². The fourth-order valence-electron chi connectivity index (χ4n) is 3.92. The number of hydrogen-bond acceptors (Lipinski definition) is 4. The van der Waals surface area contributed by atoms with Gasteiger partial charge in [-0.1, -0.05) is 24.3 Å². The van der Waals surface area contributed by atoms with Gasteiger partial charge in [0.05, 0.1) is 10.2 Å². The molecule has 148 valence electrons. The number of para-hydroxylation sites is 1. The first-order valence-electron chi connectivity index (χ1n) is 10.2. The summed E-state index contributed by atoms with van der Waals surface area (Å²) >= 11 is 1.66. The van der Waals surface area contributed by atoms with Crippen LogP contribution in [-0.4, -0.2) is 34.8 Å². The first-order chi connectivity index (χ1) is 14.2. The van der Waals surface area contributed by atoms with E-state index in [1.165, 1.54) is 0 Å². The van der Waals surface area contributed by atoms with Gasteiger partial charge in [0, 0.05) is 36.2 Å². The van der Waals surface area contributed by atoms with Gasteiger partial charge in [0.1, 0.15) is 5.01 Å². The van der Waals surface area contributed by atoms with Crippen molar-refractivity contribution < 1.29 is 9.59 Å². The molecule has 3 aromatic rings. The summed E-state index contributed by atoms with van der Waals surface area (Å²) in [5, 5.41) is 4.02. The van der Waals surface area contributed by atoms with Crippen molar-refractivity contribution in [2.45, 2.75) is 25.7 Å². The summed E-state index contributed by atoms with van der Waals surface area (Å²) in [7, 11) is 0. The predicted molar refractivity (Wildman–Crippen MR) is 116 cm³/mol. The molecule has 6 heteroatoms. The van der Waals surface area contributed by atoms with Crippen molar-refractivity contribution in [3.63, 3.8) is 0 Å². The zero-order chi connectivity index (χ0) is 19.8. The average molecular weight is 406 g/mol. The summed E-state index contributed by atoms with van der Waals surface area (Å²) in [6.07, 6.45) is 3.54. The molecular weight excluding hydrogens is 382 g/mol. The number of likely N-dealkylation sites (tertiary alicyclic amines) is 1. The standard InChI is InChI=1S/C23H23N3O2S/c27-21(15-10-12-26(13-11-15)23(28)16-8-9-16)24-18-5-3-4-17(14-18)22-25-19-6-1-2-7-20(19)29-22/h1-7,14-16H,8-13H2,(H,24,27). The highest BCUT2D eigenvalue weighted by Crippen LogP contribution is 2.33. The van der Waals surface area contributed by atoms with Gasteiger partial charge in [-0.05, 0) is 49.9 Å². The number of aromatic nitrogens is 1. The highest BCUT2D eigenvalue weighted by molar-refractivity contribution is 7.21. The molecule has 1 aliphatic carbocycles. The second-order valence-corrected chi connectivity index (χ2v) is 8.96. The molecule has 2 aliphatic rings. The van der Waals surface area contributed by atoms with Crippen LogP contribution < -0.4 is 5.32 Å². The Morgan fingerprint density at radius 3 is 2.52 bits per heavy atom. The second-order valence-electron chi connectivity index (χ2n) is 7.93. The summed E-state index contributed by atoms with van der Waals surface area (Å²) in [5.74, 6) is 0.548. The fraction of sp³-hybridized carbons (Fsp3) is 0.348. The Bertz CT molecular complexity index is 1030. The minimum absolute atomic E-state index is 0.0376. The zero-order valence-corrected chi connectivity index (χ0v) is 17.0. The molecule has 0 spiro atoms. The van der Waals surface area contributed by atoms with Gasteiger partial charge in [0.2, 0.25) is 11.8 Å². The largest absolute Gasteiger partial charge is 0.342 e. The molecule has 1 N–H and O–H groups in total. The van der Waals surface area contributed by atoms with Crippen molar-refractivity contribution in [1.82, 2.24) is 9.88 Å². The van der Waals surface area contributed by atoms with Gasteiger partial charge in [0.15, 0.2) is 0 Å². The average Bonchev–Trinajstić information content (AvgIpc) is 3.51. The van der Waals surface area contributed by atoms with Crippen LogP contribution in [0.4, 0.5) is 5.69 Å². The number of anilines is 1. The maximum atomic E-state index is 12.8. The van der Waals surface area contributed by atoms with Gasteiger partial charge in [0.25, 0.3) is 0 Å². The van der Waals surface area contributed by atoms with Crippen LogP contribution in [0.25, 0.3) is 20.8 Å². The van der Waals surface area contributed by atoms with Gasteiger partial charge in [-0.15, -0.1) is 11.3 Å². The van der Waals surface area contributed by atoms with Crippen molar-refractivity contribution in [2.24, 2.45) is 11.8 Å². The Kier molecular flexibility index (Phi) is 4.79. The molecule has 1 saturated carbocycles. The van der Waals surface area contributed by atoms with Gasteiger partial charge < -0.3 is 10.2 Å². The minimum atomic E-state index is -0.0376. The number of nitrogens with one attached hydrogen (secondary N) is 1. The van der Waals surface area contributed by atoms with E-state index in [0.717, 1.165) is 52.2 Å². The number of rotatable bonds is 4. The van der Waals surface area contributed by atoms with Gasteiger partial charge in [-0.3, -0.25) is 9.59 Å². The molecule has 5 rings (SSSR count). The van der Waals surface area contributed by atoms with Crippen LogP contribution in [0.15, 0.2) is 48.5 Å². The van der Waals surface area contributed by atoms with E-state index in [2.05, 4.69) is 11.4 Å². The molecule has 0 atom stereocenters. The number of fused-ring (bicyclic) bond motifs is 1. The predicted octanol–water partition coefficient (Wildman–Crippen LogP) is 4.55. The SMILES string of the molecule is O=C(Nc1cccc(-c2nc3ccccc3s2)c1)C1CCN(C(=O)C2CC2)CC1. The topological polar surface area (TPSA) is 62.3 Å². The molecule has 2 aromatic carbocycles. The van der Waals surface area contributed by atoms with E-state index in [1.54, 1.807) is 11.3 Å². The Morgan fingerprint density at radius 2 is 1.76 bits per heavy atom. The molecule has 1 aromatic heterocycles. The quantitative estimate of drug-likeness (QED) is 0.693. The molecule has 0 radical (unpaired) electrons. The molecule has 0 unspecified atom stereocenters. The lowest BCUT2D eigenvalue weighted by Gasteiger charge is -2.31. The van der Waals surface area contributed by atoms with Crippen molar-refractivity contribution in [3.05, 3.63) is 48.5 Å². The van der Waals surface area contributed by atoms with E-state index < -0.39 is 0 Å². The Balaban J connectivity index is 1.24. The van der Waals surface area contributed by atoms with Crippen LogP contribution in [0.5, 0.6) is 0 Å². The summed E-state index contributed by atoms with van der Waals surface area (Å²) in [4.78, 5) is 31.6. The smallest absolute Gasteiger partial charge is 0.227 e. The van der Waals surface area contributed by atoms with Crippen molar-refractivity contribution in [3.8, 4) is 10.6 Å². The summed E-state index contributed by atoms with van der Waals surface area (Å²) in [6, 6.07) is 16.0. The van der Waals surface area contributed by atoms with Crippen LogP contribution in [0, 0.1) is 11.8 Å². The second kappa shape index (κ2) is 7.59. The first-order valence-corrected chi connectivity index (χ1v) is 11.0. The molecule has 2 heterocycles. The van der Waals surface area contributed by atoms with Gasteiger partial charge >= 0.3 is 0 Å². The summed E-state index contributed by atoms with van der Waals surface area (Å²) < 4.78 is 1.16. The number of carbonyl (C=O) groups excluding carboxylic acids is 2. The monoisotopic (exact) mass is 405 g/mol. The number of piperidine rings is 1. The number of carbonyl (C=O) groups is 2. The van der Waals surface area contributed by atoms with Crippen LogP contribution in [-0.2, 0) is 9.59 Å². The third-order valence-electron chi connectivity index (χ3n) is 5.77. The summed E-state index contributed by atoms with van der Waals surface area (Å²) in [5.41, 5.74) is 2.80. The lowest BCUT2D eigenvalue weighted by atomic mass is 9.95. The van der Waals surface area contributed by atoms with Crippen LogP contribution in [0.1, 0.15) is 25.7 Å². The third-order valence-corrected chi connectivity index (χ3v) is 6.86. The lowest BCUT2D eigenvalue weighted by Crippen LogP contribution is -2.42. The van der Waals surface area contributed by atoms with E-state index in [1.807, 2.05) is 47.4 Å². The van der Waals surface area contributed by atoms with Gasteiger partial charge in [-0.2, -0.15) is 0 Å². The maximum absolute atomic E-state index is 12.8. The number of amides is 2. The van der Waals surface area contributed by atoms with E-state index in [9.17, 15) is 9.59 Å². The van der Waals surface area contributed by atoms with E-state index in [4.69, 9.17) is 4.98 Å².